The second kappa shape index (κ2) is 8.30. The number of cyclic esters (lactones) is 1. The van der Waals surface area contributed by atoms with Crippen LogP contribution < -0.4 is 0 Å². The van der Waals surface area contributed by atoms with Crippen LogP contribution in [0.3, 0.4) is 0 Å². The highest BCUT2D eigenvalue weighted by Crippen LogP contribution is 2.19. The molecule has 4 atom stereocenters. The summed E-state index contributed by atoms with van der Waals surface area (Å²) in [4.78, 5) is 11.8. The first kappa shape index (κ1) is 18.7. The molecule has 0 amide bonds. The number of carbonyl (C=O) groups excluding carboxylic acids is 1. The van der Waals surface area contributed by atoms with Crippen molar-refractivity contribution in [2.75, 3.05) is 7.11 Å². The van der Waals surface area contributed by atoms with Crippen LogP contribution in [-0.2, 0) is 14.3 Å². The lowest BCUT2D eigenvalue weighted by molar-refractivity contribution is -0.144. The van der Waals surface area contributed by atoms with E-state index in [0.29, 0.717) is 0 Å². The lowest BCUT2D eigenvalue weighted by Gasteiger charge is -2.21. The molecule has 0 bridgehead atoms. The summed E-state index contributed by atoms with van der Waals surface area (Å²) in [5, 5.41) is 10.3. The third-order valence-corrected chi connectivity index (χ3v) is 4.06. The van der Waals surface area contributed by atoms with Crippen molar-refractivity contribution in [3.05, 3.63) is 36.0 Å². The minimum Gasteiger partial charge on any atom is -0.459 e. The lowest BCUT2D eigenvalue weighted by Crippen LogP contribution is -2.23. The van der Waals surface area contributed by atoms with Gasteiger partial charge in [0.25, 0.3) is 0 Å². The van der Waals surface area contributed by atoms with Gasteiger partial charge in [-0.05, 0) is 51.2 Å². The van der Waals surface area contributed by atoms with Crippen LogP contribution in [0.5, 0.6) is 0 Å². The predicted molar refractivity (Wildman–Crippen MR) is 87.4 cm³/mol. The summed E-state index contributed by atoms with van der Waals surface area (Å²) < 4.78 is 10.8. The topological polar surface area (TPSA) is 55.8 Å². The van der Waals surface area contributed by atoms with Gasteiger partial charge in [-0.2, -0.15) is 0 Å². The molecular weight excluding hydrogens is 280 g/mol. The highest BCUT2D eigenvalue weighted by molar-refractivity contribution is 5.82. The average Bonchev–Trinajstić information content (AvgIpc) is 2.44. The zero-order valence-electron chi connectivity index (χ0n) is 14.2. The highest BCUT2D eigenvalue weighted by Gasteiger charge is 2.18. The molecule has 0 saturated heterocycles. The van der Waals surface area contributed by atoms with Crippen LogP contribution in [0.2, 0.25) is 0 Å². The normalized spacial score (nSPS) is 40.0. The van der Waals surface area contributed by atoms with E-state index in [-0.39, 0.29) is 18.1 Å². The van der Waals surface area contributed by atoms with E-state index < -0.39 is 11.6 Å². The summed E-state index contributed by atoms with van der Waals surface area (Å²) in [6.45, 7) is 7.59. The van der Waals surface area contributed by atoms with E-state index in [9.17, 15) is 9.90 Å². The molecule has 1 aliphatic heterocycles. The number of hydrogen-bond donors (Lipinski definition) is 1. The molecule has 0 spiro atoms. The Balaban J connectivity index is 3.04. The second-order valence-electron chi connectivity index (χ2n) is 6.22. The number of carbonyl (C=O) groups is 1. The van der Waals surface area contributed by atoms with Crippen LogP contribution in [0.1, 0.15) is 40.5 Å². The van der Waals surface area contributed by atoms with Gasteiger partial charge in [0.05, 0.1) is 11.7 Å². The van der Waals surface area contributed by atoms with E-state index in [2.05, 4.69) is 13.0 Å². The van der Waals surface area contributed by atoms with Gasteiger partial charge in [-0.3, -0.25) is 0 Å². The molecule has 4 nitrogen and oxygen atoms in total. The van der Waals surface area contributed by atoms with Crippen LogP contribution in [0.4, 0.5) is 0 Å². The Labute approximate surface area is 133 Å². The van der Waals surface area contributed by atoms with Gasteiger partial charge < -0.3 is 14.6 Å². The monoisotopic (exact) mass is 308 g/mol. The van der Waals surface area contributed by atoms with Crippen molar-refractivity contribution in [3.63, 3.8) is 0 Å². The molecule has 0 saturated carbocycles. The minimum atomic E-state index is -1.23. The molecule has 0 fully saturated rings. The molecule has 1 aliphatic rings. The number of aliphatic hydroxyl groups is 1. The summed E-state index contributed by atoms with van der Waals surface area (Å²) in [6.07, 6.45) is 9.78. The van der Waals surface area contributed by atoms with Gasteiger partial charge in [0, 0.05) is 13.2 Å². The van der Waals surface area contributed by atoms with Crippen molar-refractivity contribution < 1.29 is 19.4 Å². The predicted octanol–water partition coefficient (Wildman–Crippen LogP) is 3.17. The molecule has 0 radical (unpaired) electrons. The van der Waals surface area contributed by atoms with E-state index in [0.717, 1.165) is 18.4 Å². The number of hydrogen-bond acceptors (Lipinski definition) is 4. The maximum absolute atomic E-state index is 11.8. The molecule has 0 aromatic heterocycles. The summed E-state index contributed by atoms with van der Waals surface area (Å²) in [5.41, 5.74) is -0.123. The SMILES string of the molecule is CO[C@H]1/C=C\[C@@](C)(O)/C=C/C(=O)O[C@H](C)[C@@H](C)CC/C=C/1C. The number of allylic oxidation sites excluding steroid dienone is 1. The zero-order valence-corrected chi connectivity index (χ0v) is 14.2. The molecule has 0 aromatic rings. The van der Waals surface area contributed by atoms with Crippen molar-refractivity contribution in [2.24, 2.45) is 5.92 Å². The van der Waals surface area contributed by atoms with Crippen molar-refractivity contribution in [2.45, 2.75) is 58.3 Å². The molecule has 4 heteroatoms. The molecule has 0 unspecified atom stereocenters. The molecule has 0 aliphatic carbocycles. The van der Waals surface area contributed by atoms with Crippen LogP contribution >= 0.6 is 0 Å². The van der Waals surface area contributed by atoms with Crippen LogP contribution in [-0.4, -0.2) is 36.0 Å². The van der Waals surface area contributed by atoms with Gasteiger partial charge in [0.15, 0.2) is 0 Å². The minimum absolute atomic E-state index is 0.160. The average molecular weight is 308 g/mol. The summed E-state index contributed by atoms with van der Waals surface area (Å²) in [5.74, 6) is -0.165. The first-order valence-corrected chi connectivity index (χ1v) is 7.76. The standard InChI is InChI=1S/C18H28O4/c1-13-7-6-8-14(2)16(21-5)9-11-18(4,20)12-10-17(19)22-15(13)3/h8-13,15-16,20H,6-7H2,1-5H3/b11-9-,12-10+,14-8+/t13-,15+,16-,18+/m0/s1. The van der Waals surface area contributed by atoms with Crippen molar-refractivity contribution >= 4 is 5.97 Å². The largest absolute Gasteiger partial charge is 0.459 e. The summed E-state index contributed by atoms with van der Waals surface area (Å²) in [6, 6.07) is 0. The summed E-state index contributed by atoms with van der Waals surface area (Å²) in [7, 11) is 1.64. The van der Waals surface area contributed by atoms with Crippen LogP contribution in [0.25, 0.3) is 0 Å². The van der Waals surface area contributed by atoms with E-state index >= 15 is 0 Å². The third-order valence-electron chi connectivity index (χ3n) is 4.06. The quantitative estimate of drug-likeness (QED) is 0.597. The Morgan fingerprint density at radius 3 is 2.68 bits per heavy atom. The van der Waals surface area contributed by atoms with Crippen LogP contribution in [0, 0.1) is 5.92 Å². The fraction of sp³-hybridized carbons (Fsp3) is 0.611. The number of methoxy groups -OCH3 is 1. The Kier molecular flexibility index (Phi) is 7.04. The lowest BCUT2D eigenvalue weighted by atomic mass is 9.97. The molecule has 1 rings (SSSR count). The molecule has 1 heterocycles. The molecule has 124 valence electrons. The maximum atomic E-state index is 11.8. The third kappa shape index (κ3) is 6.16. The first-order valence-electron chi connectivity index (χ1n) is 7.76. The van der Waals surface area contributed by atoms with E-state index in [1.807, 2.05) is 13.8 Å². The molecule has 1 N–H and O–H groups in total. The Morgan fingerprint density at radius 2 is 2.05 bits per heavy atom. The Bertz CT molecular complexity index is 460. The number of ether oxygens (including phenoxy) is 2. The maximum Gasteiger partial charge on any atom is 0.330 e. The fourth-order valence-corrected chi connectivity index (χ4v) is 2.25. The van der Waals surface area contributed by atoms with Gasteiger partial charge in [-0.25, -0.2) is 4.79 Å². The molecule has 22 heavy (non-hydrogen) atoms. The van der Waals surface area contributed by atoms with Gasteiger partial charge in [0.2, 0.25) is 0 Å². The van der Waals surface area contributed by atoms with Crippen molar-refractivity contribution in [1.29, 1.82) is 0 Å². The zero-order chi connectivity index (χ0) is 16.8. The smallest absolute Gasteiger partial charge is 0.330 e. The molecule has 0 aromatic carbocycles. The highest BCUT2D eigenvalue weighted by atomic mass is 16.5. The van der Waals surface area contributed by atoms with Gasteiger partial charge in [-0.15, -0.1) is 0 Å². The van der Waals surface area contributed by atoms with E-state index in [1.165, 1.54) is 12.2 Å². The van der Waals surface area contributed by atoms with Crippen molar-refractivity contribution in [3.8, 4) is 0 Å². The van der Waals surface area contributed by atoms with Crippen molar-refractivity contribution in [1.82, 2.24) is 0 Å². The number of rotatable bonds is 1. The van der Waals surface area contributed by atoms with Gasteiger partial charge in [0.1, 0.15) is 6.10 Å². The Hall–Kier alpha value is -1.39. The fourth-order valence-electron chi connectivity index (χ4n) is 2.25. The van der Waals surface area contributed by atoms with Gasteiger partial charge >= 0.3 is 5.97 Å². The van der Waals surface area contributed by atoms with E-state index in [4.69, 9.17) is 9.47 Å². The molecular formula is C18H28O4. The first-order chi connectivity index (χ1) is 10.2. The van der Waals surface area contributed by atoms with E-state index in [1.54, 1.807) is 26.2 Å². The van der Waals surface area contributed by atoms with Gasteiger partial charge in [-0.1, -0.05) is 25.2 Å². The summed E-state index contributed by atoms with van der Waals surface area (Å²) >= 11 is 0. The second-order valence-corrected chi connectivity index (χ2v) is 6.22. The Morgan fingerprint density at radius 1 is 1.36 bits per heavy atom. The number of esters is 1. The van der Waals surface area contributed by atoms with Crippen LogP contribution in [0.15, 0.2) is 36.0 Å².